The van der Waals surface area contributed by atoms with Crippen LogP contribution in [0, 0.1) is 11.3 Å². The number of hydrogen-bond acceptors (Lipinski definition) is 8. The second-order valence-corrected chi connectivity index (χ2v) is 10.5. The summed E-state index contributed by atoms with van der Waals surface area (Å²) in [5.41, 5.74) is 6.15. The molecule has 0 aliphatic carbocycles. The molecule has 0 amide bonds. The van der Waals surface area contributed by atoms with E-state index in [0.717, 1.165) is 61.5 Å². The first-order chi connectivity index (χ1) is 18.5. The second kappa shape index (κ2) is 10.2. The average molecular weight is 513 g/mol. The minimum atomic E-state index is -0.803. The number of nitriles is 1. The summed E-state index contributed by atoms with van der Waals surface area (Å²) in [5.74, 6) is -0.803. The van der Waals surface area contributed by atoms with Gasteiger partial charge in [-0.2, -0.15) is 5.26 Å². The topological polar surface area (TPSA) is 105 Å². The molecule has 0 saturated carbocycles. The fourth-order valence-electron chi connectivity index (χ4n) is 6.08. The van der Waals surface area contributed by atoms with Gasteiger partial charge in [0.2, 0.25) is 0 Å². The Kier molecular flexibility index (Phi) is 6.62. The highest BCUT2D eigenvalue weighted by molar-refractivity contribution is 5.95. The molecule has 3 aliphatic heterocycles. The molecular formula is C29H32N6O3. The number of hydrogen-bond donors (Lipinski definition) is 2. The van der Waals surface area contributed by atoms with Crippen molar-refractivity contribution in [1.82, 2.24) is 15.2 Å². The molecule has 2 saturated heterocycles. The van der Waals surface area contributed by atoms with Crippen molar-refractivity contribution in [2.45, 2.75) is 38.3 Å². The number of nitrogens with zero attached hydrogens (tertiary/aromatic N) is 5. The summed E-state index contributed by atoms with van der Waals surface area (Å²) in [7, 11) is 0. The number of benzene rings is 2. The number of carbonyl (C=O) groups is 1. The maximum atomic E-state index is 11.5. The molecule has 38 heavy (non-hydrogen) atoms. The van der Waals surface area contributed by atoms with E-state index in [1.54, 1.807) is 6.20 Å². The standard InChI is InChI=1S/C29H32N6O3/c1-19-13-35(27-7-5-20(12-30)28-25(27)3-2-8-32-28)17-24(38-19)16-33-14-21-4-6-23(11-22(21)15-33)34-10-9-31-26(18-34)29(36)37/h2-8,11,19,24,26,31H,9-10,13-18H2,1H3,(H,36,37)/t19-,24+,26?/m1/s1. The summed E-state index contributed by atoms with van der Waals surface area (Å²) in [4.78, 5) is 22.9. The summed E-state index contributed by atoms with van der Waals surface area (Å²) in [6, 6.07) is 16.1. The van der Waals surface area contributed by atoms with Crippen LogP contribution in [-0.2, 0) is 22.6 Å². The lowest BCUT2D eigenvalue weighted by Crippen LogP contribution is -2.54. The first kappa shape index (κ1) is 24.6. The molecule has 0 bridgehead atoms. The van der Waals surface area contributed by atoms with E-state index in [4.69, 9.17) is 4.74 Å². The molecular weight excluding hydrogens is 480 g/mol. The van der Waals surface area contributed by atoms with Crippen molar-refractivity contribution in [3.05, 3.63) is 65.4 Å². The zero-order valence-electron chi connectivity index (χ0n) is 21.5. The van der Waals surface area contributed by atoms with Gasteiger partial charge in [0.25, 0.3) is 0 Å². The molecule has 6 rings (SSSR count). The predicted octanol–water partition coefficient (Wildman–Crippen LogP) is 2.58. The van der Waals surface area contributed by atoms with E-state index < -0.39 is 12.0 Å². The van der Waals surface area contributed by atoms with E-state index in [0.29, 0.717) is 18.7 Å². The van der Waals surface area contributed by atoms with Crippen LogP contribution in [0.1, 0.15) is 23.6 Å². The van der Waals surface area contributed by atoms with Crippen LogP contribution >= 0.6 is 0 Å². The maximum absolute atomic E-state index is 11.5. The first-order valence-corrected chi connectivity index (χ1v) is 13.2. The molecule has 4 heterocycles. The normalized spacial score (nSPS) is 23.8. The van der Waals surface area contributed by atoms with Gasteiger partial charge < -0.3 is 25.0 Å². The number of rotatable bonds is 5. The number of pyridine rings is 1. The Hall–Kier alpha value is -3.71. The lowest BCUT2D eigenvalue weighted by molar-refractivity contribution is -0.139. The van der Waals surface area contributed by atoms with E-state index in [1.165, 1.54) is 11.1 Å². The molecule has 2 N–H and O–H groups in total. The Bertz CT molecular complexity index is 1400. The summed E-state index contributed by atoms with van der Waals surface area (Å²) in [6.45, 7) is 8.18. The smallest absolute Gasteiger partial charge is 0.322 e. The van der Waals surface area contributed by atoms with E-state index in [9.17, 15) is 15.2 Å². The molecule has 9 nitrogen and oxygen atoms in total. The molecule has 3 aliphatic rings. The Labute approximate surface area is 222 Å². The van der Waals surface area contributed by atoms with Crippen LogP contribution in [0.3, 0.4) is 0 Å². The number of piperazine rings is 1. The van der Waals surface area contributed by atoms with Crippen molar-refractivity contribution in [3.63, 3.8) is 0 Å². The van der Waals surface area contributed by atoms with E-state index >= 15 is 0 Å². The lowest BCUT2D eigenvalue weighted by atomic mass is 10.1. The zero-order chi connectivity index (χ0) is 26.2. The van der Waals surface area contributed by atoms with Gasteiger partial charge in [0.1, 0.15) is 12.1 Å². The summed E-state index contributed by atoms with van der Waals surface area (Å²) < 4.78 is 6.39. The van der Waals surface area contributed by atoms with Crippen molar-refractivity contribution in [1.29, 1.82) is 5.26 Å². The first-order valence-electron chi connectivity index (χ1n) is 13.2. The van der Waals surface area contributed by atoms with E-state index in [1.807, 2.05) is 24.3 Å². The lowest BCUT2D eigenvalue weighted by Gasteiger charge is -2.40. The largest absolute Gasteiger partial charge is 0.480 e. The van der Waals surface area contributed by atoms with Gasteiger partial charge in [-0.15, -0.1) is 0 Å². The minimum Gasteiger partial charge on any atom is -0.480 e. The van der Waals surface area contributed by atoms with Gasteiger partial charge in [-0.3, -0.25) is 14.7 Å². The SMILES string of the molecule is C[C@@H]1CN(c2ccc(C#N)c3ncccc23)C[C@H](CN2Cc3ccc(N4CCNC(C(=O)O)C4)cc3C2)O1. The highest BCUT2D eigenvalue weighted by Gasteiger charge is 2.31. The number of fused-ring (bicyclic) bond motifs is 2. The molecule has 0 radical (unpaired) electrons. The van der Waals surface area contributed by atoms with Gasteiger partial charge in [0, 0.05) is 75.3 Å². The van der Waals surface area contributed by atoms with E-state index in [-0.39, 0.29) is 12.2 Å². The van der Waals surface area contributed by atoms with Gasteiger partial charge in [-0.05, 0) is 54.4 Å². The third kappa shape index (κ3) is 4.78. The third-order valence-corrected chi connectivity index (χ3v) is 7.81. The van der Waals surface area contributed by atoms with Crippen LogP contribution in [-0.4, -0.2) is 78.5 Å². The van der Waals surface area contributed by atoms with Gasteiger partial charge in [0.15, 0.2) is 0 Å². The molecule has 3 atom stereocenters. The van der Waals surface area contributed by atoms with E-state index in [2.05, 4.69) is 56.2 Å². The highest BCUT2D eigenvalue weighted by Crippen LogP contribution is 2.32. The van der Waals surface area contributed by atoms with Crippen LogP contribution in [0.5, 0.6) is 0 Å². The number of aliphatic carboxylic acids is 1. The predicted molar refractivity (Wildman–Crippen MR) is 145 cm³/mol. The van der Waals surface area contributed by atoms with Gasteiger partial charge in [-0.1, -0.05) is 6.07 Å². The summed E-state index contributed by atoms with van der Waals surface area (Å²) in [5, 5.41) is 23.0. The fourth-order valence-corrected chi connectivity index (χ4v) is 6.08. The molecule has 1 aromatic heterocycles. The van der Waals surface area contributed by atoms with Crippen LogP contribution in [0.2, 0.25) is 0 Å². The monoisotopic (exact) mass is 512 g/mol. The Balaban J connectivity index is 1.15. The molecule has 9 heteroatoms. The molecule has 3 aromatic rings. The highest BCUT2D eigenvalue weighted by atomic mass is 16.5. The summed E-state index contributed by atoms with van der Waals surface area (Å²) in [6.07, 6.45) is 1.88. The summed E-state index contributed by atoms with van der Waals surface area (Å²) >= 11 is 0. The molecule has 0 spiro atoms. The number of aromatic nitrogens is 1. The van der Waals surface area contributed by atoms with Crippen LogP contribution in [0.15, 0.2) is 48.7 Å². The molecule has 2 aromatic carbocycles. The van der Waals surface area contributed by atoms with Crippen molar-refractivity contribution >= 4 is 28.2 Å². The van der Waals surface area contributed by atoms with Crippen molar-refractivity contribution in [2.75, 3.05) is 49.1 Å². The number of ether oxygens (including phenoxy) is 1. The van der Waals surface area contributed by atoms with Crippen molar-refractivity contribution < 1.29 is 14.6 Å². The molecule has 1 unspecified atom stereocenters. The zero-order valence-corrected chi connectivity index (χ0v) is 21.5. The quantitative estimate of drug-likeness (QED) is 0.534. The second-order valence-electron chi connectivity index (χ2n) is 10.5. The number of carboxylic acid groups (broad SMARTS) is 1. The van der Waals surface area contributed by atoms with Crippen LogP contribution in [0.25, 0.3) is 10.9 Å². The van der Waals surface area contributed by atoms with Crippen LogP contribution in [0.4, 0.5) is 11.4 Å². The Morgan fingerprint density at radius 2 is 2.03 bits per heavy atom. The maximum Gasteiger partial charge on any atom is 0.322 e. The molecule has 196 valence electrons. The number of anilines is 2. The molecule has 2 fully saturated rings. The van der Waals surface area contributed by atoms with Gasteiger partial charge in [-0.25, -0.2) is 0 Å². The Morgan fingerprint density at radius 3 is 2.87 bits per heavy atom. The van der Waals surface area contributed by atoms with Crippen molar-refractivity contribution in [2.24, 2.45) is 0 Å². The van der Waals surface area contributed by atoms with Crippen LogP contribution < -0.4 is 15.1 Å². The minimum absolute atomic E-state index is 0.0550. The number of nitrogens with one attached hydrogen (secondary N) is 1. The van der Waals surface area contributed by atoms with Gasteiger partial charge in [0.05, 0.1) is 23.3 Å². The number of carboxylic acids is 1. The number of morpholine rings is 1. The Morgan fingerprint density at radius 1 is 1.16 bits per heavy atom. The van der Waals surface area contributed by atoms with Gasteiger partial charge >= 0.3 is 5.97 Å². The third-order valence-electron chi connectivity index (χ3n) is 7.81. The van der Waals surface area contributed by atoms with Crippen molar-refractivity contribution in [3.8, 4) is 6.07 Å². The fraction of sp³-hybridized carbons (Fsp3) is 0.414. The average Bonchev–Trinajstić information content (AvgIpc) is 3.33.